The first-order valence-electron chi connectivity index (χ1n) is 6.49. The molecule has 0 bridgehead atoms. The van der Waals surface area contributed by atoms with E-state index in [0.29, 0.717) is 11.3 Å². The second kappa shape index (κ2) is 6.83. The van der Waals surface area contributed by atoms with Gasteiger partial charge >= 0.3 is 0 Å². The van der Waals surface area contributed by atoms with Gasteiger partial charge in [0.05, 0.1) is 13.0 Å². The number of carbonyl (C=O) groups excluding carboxylic acids is 1. The smallest absolute Gasteiger partial charge is 0.227 e. The van der Waals surface area contributed by atoms with Crippen LogP contribution < -0.4 is 10.1 Å². The van der Waals surface area contributed by atoms with Crippen LogP contribution in [0.2, 0.25) is 0 Å². The molecule has 0 spiro atoms. The van der Waals surface area contributed by atoms with Crippen molar-refractivity contribution >= 4 is 11.6 Å². The lowest BCUT2D eigenvalue weighted by molar-refractivity contribution is -0.116. The molecule has 2 aromatic carbocycles. The Kier molecular flexibility index (Phi) is 4.87. The molecule has 110 valence electrons. The summed E-state index contributed by atoms with van der Waals surface area (Å²) < 4.78 is 31.8. The average Bonchev–Trinajstić information content (AvgIpc) is 2.45. The zero-order valence-corrected chi connectivity index (χ0v) is 11.5. The monoisotopic (exact) mass is 291 g/mol. The molecule has 0 aromatic heterocycles. The van der Waals surface area contributed by atoms with Crippen LogP contribution in [0.4, 0.5) is 14.5 Å². The van der Waals surface area contributed by atoms with Crippen molar-refractivity contribution in [1.82, 2.24) is 0 Å². The molecule has 0 saturated carbocycles. The van der Waals surface area contributed by atoms with Crippen molar-refractivity contribution < 1.29 is 18.3 Å². The molecule has 5 heteroatoms. The zero-order chi connectivity index (χ0) is 15.2. The van der Waals surface area contributed by atoms with Gasteiger partial charge in [-0.15, -0.1) is 0 Å². The number of rotatable bonds is 5. The van der Waals surface area contributed by atoms with Crippen molar-refractivity contribution in [2.45, 2.75) is 13.3 Å². The van der Waals surface area contributed by atoms with Crippen LogP contribution in [0.5, 0.6) is 5.75 Å². The maximum absolute atomic E-state index is 13.3. The van der Waals surface area contributed by atoms with E-state index in [0.717, 1.165) is 0 Å². The van der Waals surface area contributed by atoms with Crippen LogP contribution in [0.25, 0.3) is 0 Å². The van der Waals surface area contributed by atoms with Crippen molar-refractivity contribution in [2.24, 2.45) is 0 Å². The minimum Gasteiger partial charge on any atom is -0.490 e. The van der Waals surface area contributed by atoms with Crippen LogP contribution >= 0.6 is 0 Å². The van der Waals surface area contributed by atoms with Gasteiger partial charge in [0.2, 0.25) is 5.91 Å². The Bertz CT molecular complexity index is 644. The number of ether oxygens (including phenoxy) is 1. The molecule has 0 saturated heterocycles. The van der Waals surface area contributed by atoms with Crippen molar-refractivity contribution in [2.75, 3.05) is 11.9 Å². The number of halogens is 2. The highest BCUT2D eigenvalue weighted by molar-refractivity contribution is 5.90. The molecule has 0 unspecified atom stereocenters. The summed E-state index contributed by atoms with van der Waals surface area (Å²) in [5.41, 5.74) is 0.893. The standard InChI is InChI=1S/C16H15F2NO2/c1-11-6-7-12(10-14(11)18)19-16(20)8-9-21-15-5-3-2-4-13(15)17/h2-7,10H,8-9H2,1H3,(H,19,20). The van der Waals surface area contributed by atoms with Gasteiger partial charge in [0.1, 0.15) is 5.82 Å². The van der Waals surface area contributed by atoms with Gasteiger partial charge in [-0.25, -0.2) is 8.78 Å². The third-order valence-electron chi connectivity index (χ3n) is 2.88. The largest absolute Gasteiger partial charge is 0.490 e. The predicted octanol–water partition coefficient (Wildman–Crippen LogP) is 3.68. The Balaban J connectivity index is 1.82. The summed E-state index contributed by atoms with van der Waals surface area (Å²) in [4.78, 5) is 11.7. The van der Waals surface area contributed by atoms with Crippen LogP contribution in [0.15, 0.2) is 42.5 Å². The summed E-state index contributed by atoms with van der Waals surface area (Å²) in [5.74, 6) is -1.07. The molecule has 21 heavy (non-hydrogen) atoms. The topological polar surface area (TPSA) is 38.3 Å². The zero-order valence-electron chi connectivity index (χ0n) is 11.5. The van der Waals surface area contributed by atoms with Crippen LogP contribution in [0.3, 0.4) is 0 Å². The third-order valence-corrected chi connectivity index (χ3v) is 2.88. The fourth-order valence-electron chi connectivity index (χ4n) is 1.71. The lowest BCUT2D eigenvalue weighted by atomic mass is 10.2. The lowest BCUT2D eigenvalue weighted by Crippen LogP contribution is -2.15. The Morgan fingerprint density at radius 3 is 2.62 bits per heavy atom. The van der Waals surface area contributed by atoms with Crippen molar-refractivity contribution in [3.05, 3.63) is 59.7 Å². The summed E-state index contributed by atoms with van der Waals surface area (Å²) in [6.45, 7) is 1.68. The highest BCUT2D eigenvalue weighted by atomic mass is 19.1. The quantitative estimate of drug-likeness (QED) is 0.912. The number of aryl methyl sites for hydroxylation is 1. The lowest BCUT2D eigenvalue weighted by Gasteiger charge is -2.08. The first-order valence-corrected chi connectivity index (χ1v) is 6.49. The van der Waals surface area contributed by atoms with E-state index in [-0.39, 0.29) is 30.5 Å². The first kappa shape index (κ1) is 15.0. The Hall–Kier alpha value is -2.43. The molecule has 0 aliphatic heterocycles. The van der Waals surface area contributed by atoms with Gasteiger partial charge in [-0.05, 0) is 36.8 Å². The highest BCUT2D eigenvalue weighted by Gasteiger charge is 2.06. The number of para-hydroxylation sites is 1. The summed E-state index contributed by atoms with van der Waals surface area (Å²) >= 11 is 0. The molecule has 0 aliphatic rings. The molecule has 2 rings (SSSR count). The van der Waals surface area contributed by atoms with Gasteiger partial charge in [0, 0.05) is 5.69 Å². The maximum atomic E-state index is 13.3. The molecule has 1 amide bonds. The Labute approximate surface area is 121 Å². The van der Waals surface area contributed by atoms with Crippen LogP contribution in [0.1, 0.15) is 12.0 Å². The van der Waals surface area contributed by atoms with Gasteiger partial charge in [-0.2, -0.15) is 0 Å². The number of amides is 1. The van der Waals surface area contributed by atoms with E-state index in [9.17, 15) is 13.6 Å². The van der Waals surface area contributed by atoms with Gasteiger partial charge < -0.3 is 10.1 Å². The van der Waals surface area contributed by atoms with Crippen LogP contribution in [-0.4, -0.2) is 12.5 Å². The molecule has 0 fully saturated rings. The number of hydrogen-bond acceptors (Lipinski definition) is 2. The molecule has 1 N–H and O–H groups in total. The van der Waals surface area contributed by atoms with Gasteiger partial charge in [-0.3, -0.25) is 4.79 Å². The van der Waals surface area contributed by atoms with E-state index in [1.807, 2.05) is 0 Å². The van der Waals surface area contributed by atoms with E-state index in [2.05, 4.69) is 5.32 Å². The number of anilines is 1. The van der Waals surface area contributed by atoms with Crippen LogP contribution in [0, 0.1) is 18.6 Å². The molecule has 0 atom stereocenters. The van der Waals surface area contributed by atoms with E-state index in [4.69, 9.17) is 4.74 Å². The molecular weight excluding hydrogens is 276 g/mol. The molecule has 2 aromatic rings. The van der Waals surface area contributed by atoms with E-state index in [1.54, 1.807) is 31.2 Å². The van der Waals surface area contributed by atoms with E-state index in [1.165, 1.54) is 18.2 Å². The summed E-state index contributed by atoms with van der Waals surface area (Å²) in [5, 5.41) is 2.56. The summed E-state index contributed by atoms with van der Waals surface area (Å²) in [6.07, 6.45) is 0.0455. The fourth-order valence-corrected chi connectivity index (χ4v) is 1.71. The second-order valence-corrected chi connectivity index (χ2v) is 4.54. The normalized spacial score (nSPS) is 10.2. The summed E-state index contributed by atoms with van der Waals surface area (Å²) in [6, 6.07) is 10.4. The molecule has 3 nitrogen and oxygen atoms in total. The van der Waals surface area contributed by atoms with Gasteiger partial charge in [0.25, 0.3) is 0 Å². The first-order chi connectivity index (χ1) is 10.1. The fraction of sp³-hybridized carbons (Fsp3) is 0.188. The molecule has 0 radical (unpaired) electrons. The highest BCUT2D eigenvalue weighted by Crippen LogP contribution is 2.16. The van der Waals surface area contributed by atoms with Crippen molar-refractivity contribution in [3.63, 3.8) is 0 Å². The Morgan fingerprint density at radius 2 is 1.90 bits per heavy atom. The molecule has 0 aliphatic carbocycles. The van der Waals surface area contributed by atoms with Gasteiger partial charge in [0.15, 0.2) is 11.6 Å². The van der Waals surface area contributed by atoms with Crippen molar-refractivity contribution in [1.29, 1.82) is 0 Å². The average molecular weight is 291 g/mol. The van der Waals surface area contributed by atoms with Crippen LogP contribution in [-0.2, 0) is 4.79 Å². The second-order valence-electron chi connectivity index (χ2n) is 4.54. The molecule has 0 heterocycles. The minimum absolute atomic E-state index is 0.0428. The van der Waals surface area contributed by atoms with E-state index >= 15 is 0 Å². The molecular formula is C16H15F2NO2. The number of benzene rings is 2. The predicted molar refractivity (Wildman–Crippen MR) is 76.3 cm³/mol. The van der Waals surface area contributed by atoms with Crippen molar-refractivity contribution in [3.8, 4) is 5.75 Å². The number of nitrogens with one attached hydrogen (secondary N) is 1. The summed E-state index contributed by atoms with van der Waals surface area (Å²) in [7, 11) is 0. The Morgan fingerprint density at radius 1 is 1.14 bits per heavy atom. The van der Waals surface area contributed by atoms with E-state index < -0.39 is 5.82 Å². The number of carbonyl (C=O) groups is 1. The maximum Gasteiger partial charge on any atom is 0.227 e. The van der Waals surface area contributed by atoms with Gasteiger partial charge in [-0.1, -0.05) is 18.2 Å². The minimum atomic E-state index is -0.474. The third kappa shape index (κ3) is 4.27. The SMILES string of the molecule is Cc1ccc(NC(=O)CCOc2ccccc2F)cc1F. The number of hydrogen-bond donors (Lipinski definition) is 1.